The number of benzene rings is 1. The molecule has 2 fully saturated rings. The molecule has 2 aromatic rings. The lowest BCUT2D eigenvalue weighted by Gasteiger charge is -2.31. The summed E-state index contributed by atoms with van der Waals surface area (Å²) in [5, 5.41) is 22.5. The van der Waals surface area contributed by atoms with Gasteiger partial charge < -0.3 is 10.2 Å². The van der Waals surface area contributed by atoms with E-state index >= 15 is 0 Å². The second-order valence-electron chi connectivity index (χ2n) is 8.04. The van der Waals surface area contributed by atoms with E-state index in [0.29, 0.717) is 28.1 Å². The van der Waals surface area contributed by atoms with Gasteiger partial charge in [0.25, 0.3) is 5.91 Å². The van der Waals surface area contributed by atoms with E-state index < -0.39 is 11.5 Å². The average molecular weight is 434 g/mol. The predicted molar refractivity (Wildman–Crippen MR) is 118 cm³/mol. The van der Waals surface area contributed by atoms with Gasteiger partial charge in [-0.25, -0.2) is 0 Å². The highest BCUT2D eigenvalue weighted by molar-refractivity contribution is 7.99. The van der Waals surface area contributed by atoms with Gasteiger partial charge in [0.15, 0.2) is 0 Å². The number of fused-ring (bicyclic) bond motifs is 1. The fraction of sp³-hybridized carbons (Fsp3) is 0.435. The summed E-state index contributed by atoms with van der Waals surface area (Å²) in [4.78, 5) is 31.2. The number of hydrogen-bond acceptors (Lipinski definition) is 6. The molecule has 158 valence electrons. The molecule has 2 heterocycles. The zero-order valence-corrected chi connectivity index (χ0v) is 18.0. The van der Waals surface area contributed by atoms with Crippen molar-refractivity contribution < 1.29 is 9.59 Å². The van der Waals surface area contributed by atoms with Crippen molar-refractivity contribution in [1.82, 2.24) is 15.2 Å². The van der Waals surface area contributed by atoms with Gasteiger partial charge >= 0.3 is 0 Å². The predicted octanol–water partition coefficient (Wildman–Crippen LogP) is 3.12. The highest BCUT2D eigenvalue weighted by Crippen LogP contribution is 2.40. The van der Waals surface area contributed by atoms with Crippen molar-refractivity contribution in [2.24, 2.45) is 0 Å². The number of rotatable bonds is 4. The maximum absolute atomic E-state index is 12.9. The molecule has 1 aromatic carbocycles. The number of thioether (sulfide) groups is 1. The fourth-order valence-electron chi connectivity index (χ4n) is 4.41. The Balaban J connectivity index is 1.57. The van der Waals surface area contributed by atoms with Crippen LogP contribution >= 0.6 is 11.8 Å². The number of amides is 2. The molecule has 1 atom stereocenters. The molecule has 4 rings (SSSR count). The molecule has 1 aliphatic heterocycles. The summed E-state index contributed by atoms with van der Waals surface area (Å²) in [7, 11) is 0. The summed E-state index contributed by atoms with van der Waals surface area (Å²) in [6.45, 7) is -0.163. The highest BCUT2D eigenvalue weighted by atomic mass is 32.2. The molecule has 1 N–H and O–H groups in total. The Kier molecular flexibility index (Phi) is 6.11. The van der Waals surface area contributed by atoms with Gasteiger partial charge in [-0.1, -0.05) is 25.3 Å². The van der Waals surface area contributed by atoms with E-state index in [0.717, 1.165) is 37.7 Å². The van der Waals surface area contributed by atoms with Crippen molar-refractivity contribution in [2.75, 3.05) is 18.2 Å². The van der Waals surface area contributed by atoms with Gasteiger partial charge in [0.05, 0.1) is 41.1 Å². The van der Waals surface area contributed by atoms with Crippen molar-refractivity contribution in [3.8, 4) is 12.1 Å². The molecule has 8 heteroatoms. The van der Waals surface area contributed by atoms with Gasteiger partial charge in [0, 0.05) is 17.3 Å². The van der Waals surface area contributed by atoms with Crippen LogP contribution in [-0.4, -0.2) is 45.9 Å². The minimum absolute atomic E-state index is 0.163. The zero-order chi connectivity index (χ0) is 21.8. The van der Waals surface area contributed by atoms with Crippen LogP contribution < -0.4 is 5.32 Å². The Labute approximate surface area is 185 Å². The second kappa shape index (κ2) is 8.95. The summed E-state index contributed by atoms with van der Waals surface area (Å²) in [5.41, 5.74) is 1.50. The highest BCUT2D eigenvalue weighted by Gasteiger charge is 2.34. The summed E-state index contributed by atoms with van der Waals surface area (Å²) < 4.78 is 0. The molecular weight excluding hydrogens is 410 g/mol. The second-order valence-corrected chi connectivity index (χ2v) is 9.04. The van der Waals surface area contributed by atoms with Crippen LogP contribution in [0.25, 0.3) is 10.9 Å². The lowest BCUT2D eigenvalue weighted by atomic mass is 9.70. The van der Waals surface area contributed by atoms with E-state index in [-0.39, 0.29) is 18.4 Å². The molecule has 31 heavy (non-hydrogen) atoms. The topological polar surface area (TPSA) is 110 Å². The number of carbonyl (C=O) groups is 2. The van der Waals surface area contributed by atoms with Crippen LogP contribution in [0.1, 0.15) is 48.0 Å². The number of hydrogen-bond donors (Lipinski definition) is 1. The van der Waals surface area contributed by atoms with Crippen molar-refractivity contribution in [3.63, 3.8) is 0 Å². The number of aromatic nitrogens is 1. The third-order valence-corrected chi connectivity index (χ3v) is 7.22. The van der Waals surface area contributed by atoms with E-state index in [2.05, 4.69) is 22.4 Å². The summed E-state index contributed by atoms with van der Waals surface area (Å²) in [6, 6.07) is 11.6. The van der Waals surface area contributed by atoms with E-state index in [1.165, 1.54) is 16.7 Å². The quantitative estimate of drug-likeness (QED) is 0.793. The molecule has 2 aliphatic rings. The number of carbonyl (C=O) groups excluding carboxylic acids is 2. The molecule has 0 bridgehead atoms. The smallest absolute Gasteiger partial charge is 0.252 e. The zero-order valence-electron chi connectivity index (χ0n) is 17.1. The van der Waals surface area contributed by atoms with Crippen molar-refractivity contribution in [2.45, 2.75) is 43.6 Å². The fourth-order valence-corrected chi connectivity index (χ4v) is 5.51. The van der Waals surface area contributed by atoms with Gasteiger partial charge in [-0.3, -0.25) is 14.6 Å². The van der Waals surface area contributed by atoms with Crippen LogP contribution in [0.15, 0.2) is 30.5 Å². The third kappa shape index (κ3) is 4.08. The average Bonchev–Trinajstić information content (AvgIpc) is 3.31. The maximum Gasteiger partial charge on any atom is 0.252 e. The van der Waals surface area contributed by atoms with Gasteiger partial charge in [0.1, 0.15) is 6.04 Å². The summed E-state index contributed by atoms with van der Waals surface area (Å²) >= 11 is 1.53. The molecule has 2 amide bonds. The maximum atomic E-state index is 12.9. The molecule has 1 aliphatic carbocycles. The molecule has 0 radical (unpaired) electrons. The first kappa shape index (κ1) is 21.1. The number of nitriles is 2. The van der Waals surface area contributed by atoms with Crippen molar-refractivity contribution in [3.05, 3.63) is 41.6 Å². The van der Waals surface area contributed by atoms with Crippen LogP contribution in [0.2, 0.25) is 0 Å². The van der Waals surface area contributed by atoms with E-state index in [1.807, 2.05) is 18.2 Å². The summed E-state index contributed by atoms with van der Waals surface area (Å²) in [6.07, 6.45) is 6.39. The van der Waals surface area contributed by atoms with Crippen LogP contribution in [0, 0.1) is 22.7 Å². The van der Waals surface area contributed by atoms with Gasteiger partial charge in [-0.15, -0.1) is 11.8 Å². The number of nitrogens with zero attached hydrogens (tertiary/aromatic N) is 4. The van der Waals surface area contributed by atoms with Crippen LogP contribution in [0.5, 0.6) is 0 Å². The van der Waals surface area contributed by atoms with Gasteiger partial charge in [0.2, 0.25) is 5.91 Å². The standard InChI is InChI=1S/C23H23N5O2S/c24-11-17-13-31-15-28(17)21(29)12-27-22(30)18-6-9-26-20-5-4-16(10-19(18)20)23(14-25)7-2-1-3-8-23/h4-6,9-10,17H,1-3,7-8,12-13,15H2,(H,27,30). The Morgan fingerprint density at radius 1 is 1.23 bits per heavy atom. The molecule has 1 saturated carbocycles. The molecule has 1 aromatic heterocycles. The van der Waals surface area contributed by atoms with Gasteiger partial charge in [-0.05, 0) is 36.6 Å². The monoisotopic (exact) mass is 433 g/mol. The normalized spacial score (nSPS) is 20.1. The first-order valence-electron chi connectivity index (χ1n) is 10.4. The van der Waals surface area contributed by atoms with Crippen LogP contribution in [0.4, 0.5) is 0 Å². The Morgan fingerprint density at radius 2 is 2.03 bits per heavy atom. The molecule has 0 spiro atoms. The first-order valence-corrected chi connectivity index (χ1v) is 11.6. The number of nitrogens with one attached hydrogen (secondary N) is 1. The molecule has 1 saturated heterocycles. The SMILES string of the molecule is N#CC1CSCN1C(=O)CNC(=O)c1ccnc2ccc(C3(C#N)CCCCC3)cc12. The van der Waals surface area contributed by atoms with Crippen LogP contribution in [-0.2, 0) is 10.2 Å². The van der Waals surface area contributed by atoms with E-state index in [9.17, 15) is 14.9 Å². The lowest BCUT2D eigenvalue weighted by molar-refractivity contribution is -0.129. The summed E-state index contributed by atoms with van der Waals surface area (Å²) in [5.74, 6) is 0.418. The molecular formula is C23H23N5O2S. The molecule has 7 nitrogen and oxygen atoms in total. The largest absolute Gasteiger partial charge is 0.343 e. The van der Waals surface area contributed by atoms with Crippen LogP contribution in [0.3, 0.4) is 0 Å². The third-order valence-electron chi connectivity index (χ3n) is 6.21. The Bertz CT molecular complexity index is 1100. The van der Waals surface area contributed by atoms with E-state index in [4.69, 9.17) is 5.26 Å². The minimum atomic E-state index is -0.522. The van der Waals surface area contributed by atoms with E-state index in [1.54, 1.807) is 12.3 Å². The van der Waals surface area contributed by atoms with Crippen molar-refractivity contribution >= 4 is 34.5 Å². The Morgan fingerprint density at radius 3 is 2.77 bits per heavy atom. The molecule has 1 unspecified atom stereocenters. The van der Waals surface area contributed by atoms with Crippen molar-refractivity contribution in [1.29, 1.82) is 10.5 Å². The minimum Gasteiger partial charge on any atom is -0.343 e. The number of pyridine rings is 1. The lowest BCUT2D eigenvalue weighted by Crippen LogP contribution is -2.42. The first-order chi connectivity index (χ1) is 15.1. The Hall–Kier alpha value is -3.10. The van der Waals surface area contributed by atoms with Gasteiger partial charge in [-0.2, -0.15) is 10.5 Å².